The van der Waals surface area contributed by atoms with Crippen LogP contribution in [0.5, 0.6) is 0 Å². The zero-order valence-corrected chi connectivity index (χ0v) is 6.98. The lowest BCUT2D eigenvalue weighted by Gasteiger charge is -2.10. The van der Waals surface area contributed by atoms with Crippen molar-refractivity contribution >= 4 is 12.2 Å². The molecule has 0 aliphatic heterocycles. The van der Waals surface area contributed by atoms with Gasteiger partial charge in [-0.2, -0.15) is 5.10 Å². The molecule has 0 saturated carbocycles. The minimum absolute atomic E-state index is 0.0117. The number of hydrogen-bond donors (Lipinski definition) is 2. The first-order valence-corrected chi connectivity index (χ1v) is 4.06. The van der Waals surface area contributed by atoms with Crippen LogP contribution in [0.1, 0.15) is 19.3 Å². The number of nitrogens with two attached hydrogens (primary N) is 2. The molecule has 0 amide bonds. The van der Waals surface area contributed by atoms with Crippen molar-refractivity contribution in [3.8, 4) is 0 Å². The average Bonchev–Trinajstić information content (AvgIpc) is 2.05. The van der Waals surface area contributed by atoms with Gasteiger partial charge in [-0.25, -0.2) is 0 Å². The van der Waals surface area contributed by atoms with Gasteiger partial charge in [0.25, 0.3) is 0 Å². The number of nitrogens with zero attached hydrogens (tertiary/aromatic N) is 2. The Morgan fingerprint density at radius 1 is 1.42 bits per heavy atom. The van der Waals surface area contributed by atoms with Crippen LogP contribution in [-0.4, -0.2) is 12.2 Å². The molecule has 1 aliphatic rings. The van der Waals surface area contributed by atoms with Crippen LogP contribution in [-0.2, 0) is 0 Å². The zero-order chi connectivity index (χ0) is 8.81. The number of guanidine groups is 1. The van der Waals surface area contributed by atoms with Crippen molar-refractivity contribution in [3.05, 3.63) is 12.2 Å². The summed E-state index contributed by atoms with van der Waals surface area (Å²) in [6.07, 6.45) is 9.46. The van der Waals surface area contributed by atoms with Crippen LogP contribution in [0.3, 0.4) is 0 Å². The number of rotatable bonds is 2. The third-order valence-electron chi connectivity index (χ3n) is 1.76. The molecular formula is C8H14N4. The second-order valence-corrected chi connectivity index (χ2v) is 2.83. The highest BCUT2D eigenvalue weighted by Gasteiger charge is 2.05. The summed E-state index contributed by atoms with van der Waals surface area (Å²) in [7, 11) is 0. The van der Waals surface area contributed by atoms with E-state index >= 15 is 0 Å². The second kappa shape index (κ2) is 4.54. The van der Waals surface area contributed by atoms with Crippen molar-refractivity contribution < 1.29 is 0 Å². The summed E-state index contributed by atoms with van der Waals surface area (Å²) in [4.78, 5) is 0. The maximum atomic E-state index is 5.11. The normalized spacial score (nSPS) is 22.8. The molecule has 4 nitrogen and oxygen atoms in total. The van der Waals surface area contributed by atoms with Crippen molar-refractivity contribution in [2.24, 2.45) is 27.6 Å². The van der Waals surface area contributed by atoms with Gasteiger partial charge >= 0.3 is 0 Å². The van der Waals surface area contributed by atoms with Gasteiger partial charge in [0.1, 0.15) is 0 Å². The molecule has 4 heteroatoms. The summed E-state index contributed by atoms with van der Waals surface area (Å²) in [5.74, 6) is 0.510. The van der Waals surface area contributed by atoms with Crippen LogP contribution in [0.2, 0.25) is 0 Å². The van der Waals surface area contributed by atoms with Crippen LogP contribution < -0.4 is 11.5 Å². The molecule has 1 aliphatic carbocycles. The molecule has 0 spiro atoms. The lowest BCUT2D eigenvalue weighted by molar-refractivity contribution is 0.626. The van der Waals surface area contributed by atoms with E-state index in [9.17, 15) is 0 Å². The average molecular weight is 166 g/mol. The fourth-order valence-electron chi connectivity index (χ4n) is 1.15. The molecule has 0 unspecified atom stereocenters. The summed E-state index contributed by atoms with van der Waals surface area (Å²) in [5.41, 5.74) is 10.2. The van der Waals surface area contributed by atoms with Crippen LogP contribution in [0, 0.1) is 5.92 Å². The lowest BCUT2D eigenvalue weighted by Crippen LogP contribution is -2.21. The van der Waals surface area contributed by atoms with E-state index in [0.29, 0.717) is 5.92 Å². The van der Waals surface area contributed by atoms with Gasteiger partial charge in [-0.05, 0) is 25.2 Å². The van der Waals surface area contributed by atoms with Crippen LogP contribution in [0.15, 0.2) is 22.4 Å². The van der Waals surface area contributed by atoms with Crippen LogP contribution >= 0.6 is 0 Å². The molecule has 1 rings (SSSR count). The van der Waals surface area contributed by atoms with E-state index in [2.05, 4.69) is 22.4 Å². The number of allylic oxidation sites excluding steroid dienone is 2. The van der Waals surface area contributed by atoms with Gasteiger partial charge < -0.3 is 11.5 Å². The quantitative estimate of drug-likeness (QED) is 0.273. The maximum Gasteiger partial charge on any atom is 0.211 e. The Kier molecular flexibility index (Phi) is 3.32. The Balaban J connectivity index is 2.35. The molecule has 1 atom stereocenters. The third-order valence-corrected chi connectivity index (χ3v) is 1.76. The van der Waals surface area contributed by atoms with Crippen LogP contribution in [0.25, 0.3) is 0 Å². The van der Waals surface area contributed by atoms with Gasteiger partial charge in [-0.15, -0.1) is 5.10 Å². The summed E-state index contributed by atoms with van der Waals surface area (Å²) in [6, 6.07) is 0. The molecule has 0 saturated heterocycles. The molecule has 66 valence electrons. The lowest BCUT2D eigenvalue weighted by atomic mass is 9.96. The summed E-state index contributed by atoms with van der Waals surface area (Å²) < 4.78 is 0. The first-order chi connectivity index (χ1) is 5.79. The summed E-state index contributed by atoms with van der Waals surface area (Å²) >= 11 is 0. The first kappa shape index (κ1) is 8.77. The van der Waals surface area contributed by atoms with Gasteiger partial charge in [0.05, 0.1) is 0 Å². The van der Waals surface area contributed by atoms with E-state index in [1.165, 1.54) is 0 Å². The standard InChI is InChI=1S/C8H14N4/c9-8(10)12-11-6-7-4-2-1-3-5-7/h1-2,6-7H,3-5H2,(H4,9,10,12)/b11-6+/t7-/m1/s1. The molecule has 0 fully saturated rings. The van der Waals surface area contributed by atoms with Crippen molar-refractivity contribution in [1.29, 1.82) is 0 Å². The molecule has 0 aromatic heterocycles. The van der Waals surface area contributed by atoms with Crippen molar-refractivity contribution in [2.45, 2.75) is 19.3 Å². The smallest absolute Gasteiger partial charge is 0.211 e. The highest BCUT2D eigenvalue weighted by molar-refractivity contribution is 5.76. The van der Waals surface area contributed by atoms with E-state index in [1.807, 2.05) is 6.21 Å². The van der Waals surface area contributed by atoms with E-state index in [4.69, 9.17) is 11.5 Å². The topological polar surface area (TPSA) is 76.8 Å². The van der Waals surface area contributed by atoms with Gasteiger partial charge in [0.15, 0.2) is 0 Å². The Morgan fingerprint density at radius 3 is 2.83 bits per heavy atom. The highest BCUT2D eigenvalue weighted by Crippen LogP contribution is 2.15. The summed E-state index contributed by atoms with van der Waals surface area (Å²) in [5, 5.41) is 7.31. The molecule has 12 heavy (non-hydrogen) atoms. The minimum atomic E-state index is 0.0117. The molecule has 0 bridgehead atoms. The van der Waals surface area contributed by atoms with E-state index in [1.54, 1.807) is 0 Å². The largest absolute Gasteiger partial charge is 0.369 e. The van der Waals surface area contributed by atoms with Gasteiger partial charge in [0.2, 0.25) is 5.96 Å². The van der Waals surface area contributed by atoms with Crippen molar-refractivity contribution in [2.75, 3.05) is 0 Å². The Bertz CT molecular complexity index is 213. The fourth-order valence-corrected chi connectivity index (χ4v) is 1.15. The highest BCUT2D eigenvalue weighted by atomic mass is 15.3. The van der Waals surface area contributed by atoms with Gasteiger partial charge in [-0.1, -0.05) is 12.2 Å². The molecule has 0 heterocycles. The predicted octanol–water partition coefficient (Wildman–Crippen LogP) is 0.602. The van der Waals surface area contributed by atoms with Gasteiger partial charge in [0, 0.05) is 6.21 Å². The Hall–Kier alpha value is -1.32. The second-order valence-electron chi connectivity index (χ2n) is 2.83. The van der Waals surface area contributed by atoms with E-state index in [0.717, 1.165) is 19.3 Å². The molecular weight excluding hydrogens is 152 g/mol. The maximum absolute atomic E-state index is 5.11. The van der Waals surface area contributed by atoms with Crippen molar-refractivity contribution in [1.82, 2.24) is 0 Å². The van der Waals surface area contributed by atoms with E-state index in [-0.39, 0.29) is 5.96 Å². The molecule has 4 N–H and O–H groups in total. The molecule has 0 aromatic carbocycles. The van der Waals surface area contributed by atoms with Crippen LogP contribution in [0.4, 0.5) is 0 Å². The molecule has 0 aromatic rings. The minimum Gasteiger partial charge on any atom is -0.369 e. The van der Waals surface area contributed by atoms with Crippen molar-refractivity contribution in [3.63, 3.8) is 0 Å². The van der Waals surface area contributed by atoms with Gasteiger partial charge in [-0.3, -0.25) is 0 Å². The number of hydrogen-bond acceptors (Lipinski definition) is 2. The Labute approximate surface area is 72.0 Å². The fraction of sp³-hybridized carbons (Fsp3) is 0.500. The monoisotopic (exact) mass is 166 g/mol. The van der Waals surface area contributed by atoms with E-state index < -0.39 is 0 Å². The zero-order valence-electron chi connectivity index (χ0n) is 6.98. The first-order valence-electron chi connectivity index (χ1n) is 4.06. The SMILES string of the molecule is NC(N)=N/N=C/[C@@H]1CC=CCC1. The Morgan fingerprint density at radius 2 is 2.25 bits per heavy atom. The molecule has 0 radical (unpaired) electrons. The third kappa shape index (κ3) is 3.18. The summed E-state index contributed by atoms with van der Waals surface area (Å²) in [6.45, 7) is 0. The predicted molar refractivity (Wildman–Crippen MR) is 50.8 cm³/mol.